The fourth-order valence-electron chi connectivity index (χ4n) is 0.929. The summed E-state index contributed by atoms with van der Waals surface area (Å²) in [5.74, 6) is 0.0250. The predicted octanol–water partition coefficient (Wildman–Crippen LogP) is 2.82. The fourth-order valence-corrected chi connectivity index (χ4v) is 1.28. The minimum absolute atomic E-state index is 0.0250. The van der Waals surface area contributed by atoms with Crippen LogP contribution in [0.3, 0.4) is 0 Å². The monoisotopic (exact) mass is 276 g/mol. The van der Waals surface area contributed by atoms with E-state index >= 15 is 0 Å². The molecule has 14 heavy (non-hydrogen) atoms. The Morgan fingerprint density at radius 1 is 1.43 bits per heavy atom. The van der Waals surface area contributed by atoms with Gasteiger partial charge in [-0.2, -0.15) is 0 Å². The molecule has 0 bridgehead atoms. The highest BCUT2D eigenvalue weighted by atomic mass is 79.9. The van der Waals surface area contributed by atoms with E-state index in [9.17, 15) is 4.79 Å². The van der Waals surface area contributed by atoms with Crippen LogP contribution in [0.4, 0.5) is 0 Å². The summed E-state index contributed by atoms with van der Waals surface area (Å²) >= 11 is 8.96. The second-order valence-electron chi connectivity index (χ2n) is 2.76. The number of Topliss-reactive ketones (excluding diaryl/α,β-unsaturated/α-hetero) is 1. The minimum atomic E-state index is 0.0250. The molecule has 0 spiro atoms. The molecule has 0 saturated heterocycles. The maximum absolute atomic E-state index is 10.9. The van der Waals surface area contributed by atoms with Gasteiger partial charge in [-0.05, 0) is 11.6 Å². The summed E-state index contributed by atoms with van der Waals surface area (Å²) in [5.41, 5.74) is 0.900. The van der Waals surface area contributed by atoms with Crippen molar-refractivity contribution in [1.82, 2.24) is 0 Å². The van der Waals surface area contributed by atoms with E-state index in [0.717, 1.165) is 5.56 Å². The van der Waals surface area contributed by atoms with Gasteiger partial charge in [0.1, 0.15) is 6.61 Å². The van der Waals surface area contributed by atoms with Crippen LogP contribution in [-0.4, -0.2) is 17.7 Å². The number of hydrogen-bond acceptors (Lipinski definition) is 2. The van der Waals surface area contributed by atoms with Crippen LogP contribution in [0.15, 0.2) is 24.3 Å². The van der Waals surface area contributed by atoms with Crippen molar-refractivity contribution >= 4 is 33.3 Å². The molecular formula is C10H10BrClO2. The van der Waals surface area contributed by atoms with Crippen molar-refractivity contribution in [3.63, 3.8) is 0 Å². The van der Waals surface area contributed by atoms with Crippen molar-refractivity contribution in [3.05, 3.63) is 34.9 Å². The first-order valence-corrected chi connectivity index (χ1v) is 5.63. The Labute approximate surface area is 96.3 Å². The van der Waals surface area contributed by atoms with Crippen molar-refractivity contribution in [1.29, 1.82) is 0 Å². The normalized spacial score (nSPS) is 10.1. The minimum Gasteiger partial charge on any atom is -0.369 e. The third-order valence-electron chi connectivity index (χ3n) is 1.63. The van der Waals surface area contributed by atoms with Gasteiger partial charge in [0.2, 0.25) is 0 Å². The lowest BCUT2D eigenvalue weighted by Gasteiger charge is -2.04. The Balaban J connectivity index is 2.39. The summed E-state index contributed by atoms with van der Waals surface area (Å²) in [6, 6.07) is 7.42. The van der Waals surface area contributed by atoms with Gasteiger partial charge in [-0.3, -0.25) is 4.79 Å². The number of ether oxygens (including phenoxy) is 1. The highest BCUT2D eigenvalue weighted by molar-refractivity contribution is 9.09. The maximum Gasteiger partial charge on any atom is 0.168 e. The lowest BCUT2D eigenvalue weighted by atomic mass is 10.2. The first-order valence-electron chi connectivity index (χ1n) is 4.13. The quantitative estimate of drug-likeness (QED) is 0.774. The zero-order chi connectivity index (χ0) is 10.4. The second kappa shape index (κ2) is 6.17. The van der Waals surface area contributed by atoms with Gasteiger partial charge in [0, 0.05) is 5.02 Å². The predicted molar refractivity (Wildman–Crippen MR) is 59.9 cm³/mol. The summed E-state index contributed by atoms with van der Waals surface area (Å²) in [5, 5.41) is 0.994. The van der Waals surface area contributed by atoms with Gasteiger partial charge in [0.25, 0.3) is 0 Å². The molecule has 1 aromatic carbocycles. The van der Waals surface area contributed by atoms with E-state index < -0.39 is 0 Å². The Bertz CT molecular complexity index is 315. The zero-order valence-electron chi connectivity index (χ0n) is 7.50. The van der Waals surface area contributed by atoms with Crippen LogP contribution in [0.5, 0.6) is 0 Å². The molecule has 4 heteroatoms. The molecule has 0 radical (unpaired) electrons. The van der Waals surface area contributed by atoms with E-state index in [2.05, 4.69) is 15.9 Å². The molecule has 0 fully saturated rings. The lowest BCUT2D eigenvalue weighted by Crippen LogP contribution is -2.09. The topological polar surface area (TPSA) is 26.3 Å². The van der Waals surface area contributed by atoms with Gasteiger partial charge in [0.05, 0.1) is 11.9 Å². The number of carbonyl (C=O) groups is 1. The lowest BCUT2D eigenvalue weighted by molar-refractivity contribution is -0.121. The molecule has 0 saturated carbocycles. The van der Waals surface area contributed by atoms with Crippen molar-refractivity contribution in [3.8, 4) is 0 Å². The number of benzene rings is 1. The van der Waals surface area contributed by atoms with Crippen molar-refractivity contribution in [2.24, 2.45) is 0 Å². The molecule has 0 heterocycles. The number of ketones is 1. The first-order chi connectivity index (χ1) is 6.74. The van der Waals surface area contributed by atoms with E-state index in [4.69, 9.17) is 16.3 Å². The van der Waals surface area contributed by atoms with Crippen LogP contribution in [-0.2, 0) is 16.1 Å². The molecule has 0 unspecified atom stereocenters. The molecule has 1 rings (SSSR count). The maximum atomic E-state index is 10.9. The number of alkyl halides is 1. The molecule has 0 N–H and O–H groups in total. The third-order valence-corrected chi connectivity index (χ3v) is 2.62. The summed E-state index contributed by atoms with van der Waals surface area (Å²) in [6.45, 7) is 0.495. The molecule has 0 amide bonds. The fraction of sp³-hybridized carbons (Fsp3) is 0.300. The van der Waals surface area contributed by atoms with E-state index in [1.165, 1.54) is 0 Å². The van der Waals surface area contributed by atoms with Gasteiger partial charge in [-0.25, -0.2) is 0 Å². The van der Waals surface area contributed by atoms with E-state index in [1.54, 1.807) is 6.07 Å². The van der Waals surface area contributed by atoms with Gasteiger partial charge >= 0.3 is 0 Å². The van der Waals surface area contributed by atoms with E-state index in [0.29, 0.717) is 17.0 Å². The molecule has 0 aromatic heterocycles. The molecule has 0 aliphatic heterocycles. The Morgan fingerprint density at radius 2 is 2.14 bits per heavy atom. The summed E-state index contributed by atoms with van der Waals surface area (Å²) in [4.78, 5) is 10.9. The zero-order valence-corrected chi connectivity index (χ0v) is 9.85. The van der Waals surface area contributed by atoms with Gasteiger partial charge in [0.15, 0.2) is 5.78 Å². The first kappa shape index (κ1) is 11.7. The molecule has 76 valence electrons. The molecular weight excluding hydrogens is 267 g/mol. The van der Waals surface area contributed by atoms with Crippen molar-refractivity contribution < 1.29 is 9.53 Å². The van der Waals surface area contributed by atoms with Crippen LogP contribution in [0.2, 0.25) is 5.02 Å². The number of halogens is 2. The van der Waals surface area contributed by atoms with E-state index in [-0.39, 0.29) is 12.4 Å². The number of rotatable bonds is 5. The van der Waals surface area contributed by atoms with Crippen LogP contribution in [0.25, 0.3) is 0 Å². The smallest absolute Gasteiger partial charge is 0.168 e. The highest BCUT2D eigenvalue weighted by Crippen LogP contribution is 2.15. The molecule has 0 atom stereocenters. The van der Waals surface area contributed by atoms with Crippen molar-refractivity contribution in [2.45, 2.75) is 6.61 Å². The van der Waals surface area contributed by atoms with Crippen LogP contribution < -0.4 is 0 Å². The van der Waals surface area contributed by atoms with Gasteiger partial charge in [-0.15, -0.1) is 0 Å². The average Bonchev–Trinajstić information content (AvgIpc) is 2.20. The van der Waals surface area contributed by atoms with Crippen LogP contribution in [0.1, 0.15) is 5.56 Å². The number of carbonyl (C=O) groups excluding carboxylic acids is 1. The Morgan fingerprint density at radius 3 is 2.79 bits per heavy atom. The average molecular weight is 278 g/mol. The van der Waals surface area contributed by atoms with Gasteiger partial charge in [-0.1, -0.05) is 45.7 Å². The largest absolute Gasteiger partial charge is 0.369 e. The van der Waals surface area contributed by atoms with Gasteiger partial charge < -0.3 is 4.74 Å². The molecule has 1 aromatic rings. The Hall–Kier alpha value is -0.380. The summed E-state index contributed by atoms with van der Waals surface area (Å²) < 4.78 is 5.19. The van der Waals surface area contributed by atoms with Crippen LogP contribution in [0, 0.1) is 0 Å². The summed E-state index contributed by atoms with van der Waals surface area (Å²) in [6.07, 6.45) is 0. The van der Waals surface area contributed by atoms with Crippen molar-refractivity contribution in [2.75, 3.05) is 11.9 Å². The van der Waals surface area contributed by atoms with Crippen LogP contribution >= 0.6 is 27.5 Å². The molecule has 0 aliphatic rings. The third kappa shape index (κ3) is 3.78. The SMILES string of the molecule is O=C(CBr)COCc1ccccc1Cl. The second-order valence-corrected chi connectivity index (χ2v) is 3.72. The highest BCUT2D eigenvalue weighted by Gasteiger charge is 2.01. The Kier molecular flexibility index (Phi) is 5.15. The molecule has 2 nitrogen and oxygen atoms in total. The number of hydrogen-bond donors (Lipinski definition) is 0. The molecule has 0 aliphatic carbocycles. The summed E-state index contributed by atoms with van der Waals surface area (Å²) in [7, 11) is 0. The van der Waals surface area contributed by atoms with E-state index in [1.807, 2.05) is 18.2 Å². The standard InChI is InChI=1S/C10H10BrClO2/c11-5-9(13)7-14-6-8-3-1-2-4-10(8)12/h1-4H,5-7H2.